The van der Waals surface area contributed by atoms with Crippen LogP contribution in [-0.2, 0) is 23.8 Å². The molecule has 1 heterocycles. The summed E-state index contributed by atoms with van der Waals surface area (Å²) in [5, 5.41) is 5.50. The summed E-state index contributed by atoms with van der Waals surface area (Å²) in [7, 11) is 0. The Morgan fingerprint density at radius 1 is 0.646 bits per heavy atom. The van der Waals surface area contributed by atoms with Gasteiger partial charge >= 0.3 is 396 Å². The van der Waals surface area contributed by atoms with Crippen LogP contribution in [0.15, 0.2) is 108 Å². The van der Waals surface area contributed by atoms with E-state index in [0.29, 0.717) is 0 Å². The van der Waals surface area contributed by atoms with E-state index in [1.165, 1.54) is 133 Å². The minimum absolute atomic E-state index is 0.0655. The van der Waals surface area contributed by atoms with Crippen LogP contribution in [0, 0.1) is 28.6 Å². The van der Waals surface area contributed by atoms with Gasteiger partial charge in [-0.1, -0.05) is 0 Å². The van der Waals surface area contributed by atoms with Crippen LogP contribution < -0.4 is 5.32 Å². The van der Waals surface area contributed by atoms with E-state index in [-0.39, 0.29) is 32.5 Å². The zero-order valence-corrected chi connectivity index (χ0v) is 42.7. The van der Waals surface area contributed by atoms with E-state index in [9.17, 15) is 0 Å². The van der Waals surface area contributed by atoms with Crippen molar-refractivity contribution in [3.05, 3.63) is 141 Å². The van der Waals surface area contributed by atoms with Gasteiger partial charge in [0.15, 0.2) is 0 Å². The first-order chi connectivity index (χ1) is 30.5. The third-order valence-electron chi connectivity index (χ3n) is 17.3. The molecule has 5 aromatic rings. The summed E-state index contributed by atoms with van der Waals surface area (Å²) in [4.78, 5) is 0. The van der Waals surface area contributed by atoms with Crippen LogP contribution >= 0.6 is 0 Å². The zero-order valence-electron chi connectivity index (χ0n) is 42.7. The third-order valence-corrected chi connectivity index (χ3v) is 17.3. The van der Waals surface area contributed by atoms with Crippen LogP contribution in [0.3, 0.4) is 0 Å². The van der Waals surface area contributed by atoms with Crippen molar-refractivity contribution in [2.24, 2.45) is 21.7 Å². The quantitative estimate of drug-likeness (QED) is 0.161. The number of nitrogens with one attached hydrogen (secondary N) is 1. The van der Waals surface area contributed by atoms with Crippen LogP contribution in [-0.4, -0.2) is 11.5 Å². The molecule has 0 radical (unpaired) electrons. The SMILES string of the molecule is C=CC1=C(CCn2c(C=C3/C(=C\C)C(C)(C)CCC3(C)C)bc3c(-c4ccc5c(c4Nc4ccc6c(c4)C(C)(C)CCC6(C)C)Cc4ccccc4-5)cc(C)cc32)C(C)(C)CCC1(C)C. The summed E-state index contributed by atoms with van der Waals surface area (Å²) in [5.74, 6) is 0. The standard InChI is InChI=1S/C62H77BN2/c1-16-47-50(60(10,11)29-27-57(47,4)5)26-33-65-53-35-39(3)34-45(55(53)63-54(65)38-52-48(17-2)58(6,7)28-31-62(52,14)15)44-24-23-43-42-21-19-18-20-40(42)36-46(43)56(44)64-41-22-25-49-51(37-41)61(12,13)32-30-59(49,8)9/h16-25,34-35,37-38,64H,1,26-33,36H2,2-15H3/b48-17+,52-38?. The Bertz CT molecular complexity index is 2860. The van der Waals surface area contributed by atoms with Crippen molar-refractivity contribution in [1.82, 2.24) is 4.57 Å². The third kappa shape index (κ3) is 7.79. The maximum atomic E-state index is 4.41. The van der Waals surface area contributed by atoms with E-state index in [4.69, 9.17) is 0 Å². The topological polar surface area (TPSA) is 17.0 Å². The van der Waals surface area contributed by atoms with Gasteiger partial charge in [0.25, 0.3) is 0 Å². The molecule has 4 aromatic carbocycles. The second-order valence-corrected chi connectivity index (χ2v) is 24.6. The van der Waals surface area contributed by atoms with Crippen LogP contribution in [0.2, 0.25) is 0 Å². The van der Waals surface area contributed by atoms with Crippen molar-refractivity contribution < 1.29 is 0 Å². The second-order valence-electron chi connectivity index (χ2n) is 24.6. The molecule has 1 saturated carbocycles. The fraction of sp³-hybridized carbons (Fsp3) is 0.468. The Kier molecular flexibility index (Phi) is 11.0. The molecule has 2 nitrogen and oxygen atoms in total. The van der Waals surface area contributed by atoms with Gasteiger partial charge in [-0.25, -0.2) is 0 Å². The van der Waals surface area contributed by atoms with Gasteiger partial charge in [-0.2, -0.15) is 0 Å². The summed E-state index contributed by atoms with van der Waals surface area (Å²) >= 11 is 0. The molecular weight excluding hydrogens is 784 g/mol. The number of hydrogen-bond acceptors (Lipinski definition) is 1. The van der Waals surface area contributed by atoms with Crippen LogP contribution in [0.1, 0.15) is 168 Å². The Morgan fingerprint density at radius 2 is 1.28 bits per heavy atom. The van der Waals surface area contributed by atoms with E-state index < -0.39 is 0 Å². The Morgan fingerprint density at radius 3 is 1.98 bits per heavy atom. The van der Waals surface area contributed by atoms with Gasteiger partial charge in [-0.3, -0.25) is 0 Å². The number of fused-ring (bicyclic) bond motifs is 5. The van der Waals surface area contributed by atoms with Crippen molar-refractivity contribution in [2.75, 3.05) is 5.32 Å². The molecule has 1 N–H and O–H groups in total. The molecule has 0 bridgehead atoms. The molecule has 9 rings (SSSR count). The number of aryl methyl sites for hydroxylation is 2. The van der Waals surface area contributed by atoms with Gasteiger partial charge < -0.3 is 0 Å². The second kappa shape index (κ2) is 15.7. The summed E-state index contributed by atoms with van der Waals surface area (Å²) in [5.41, 5.74) is 24.2. The Labute approximate surface area is 394 Å². The fourth-order valence-corrected chi connectivity index (χ4v) is 12.9. The molecule has 338 valence electrons. The molecule has 0 unspecified atom stereocenters. The predicted octanol–water partition coefficient (Wildman–Crippen LogP) is 17.5. The van der Waals surface area contributed by atoms with Crippen molar-refractivity contribution in [3.63, 3.8) is 0 Å². The number of benzene rings is 4. The first-order valence-electron chi connectivity index (χ1n) is 25.0. The van der Waals surface area contributed by atoms with Gasteiger partial charge in [0.1, 0.15) is 0 Å². The van der Waals surface area contributed by atoms with Gasteiger partial charge in [-0.05, 0) is 0 Å². The van der Waals surface area contributed by atoms with Crippen LogP contribution in [0.4, 0.5) is 11.4 Å². The maximum absolute atomic E-state index is 4.41. The first kappa shape index (κ1) is 45.5. The monoisotopic (exact) mass is 861 g/mol. The van der Waals surface area contributed by atoms with Crippen molar-refractivity contribution in [1.29, 1.82) is 0 Å². The molecule has 0 spiro atoms. The minimum atomic E-state index is 0.0655. The average molecular weight is 861 g/mol. The van der Waals surface area contributed by atoms with Gasteiger partial charge in [0.2, 0.25) is 0 Å². The normalized spacial score (nSPS) is 22.1. The number of anilines is 2. The predicted molar refractivity (Wildman–Crippen MR) is 284 cm³/mol. The first-order valence-corrected chi connectivity index (χ1v) is 25.0. The van der Waals surface area contributed by atoms with Gasteiger partial charge in [0, 0.05) is 0 Å². The summed E-state index contributed by atoms with van der Waals surface area (Å²) < 4.78 is 2.69. The molecule has 0 amide bonds. The van der Waals surface area contributed by atoms with Crippen molar-refractivity contribution >= 4 is 35.2 Å². The number of aromatic nitrogens is 1. The fourth-order valence-electron chi connectivity index (χ4n) is 12.9. The summed E-state index contributed by atoms with van der Waals surface area (Å²) in [6.45, 7) is 41.8. The van der Waals surface area contributed by atoms with Crippen LogP contribution in [0.25, 0.3) is 39.1 Å². The van der Waals surface area contributed by atoms with Gasteiger partial charge in [0.05, 0.1) is 0 Å². The van der Waals surface area contributed by atoms with E-state index in [2.05, 4.69) is 205 Å². The Balaban J connectivity index is 1.27. The van der Waals surface area contributed by atoms with Gasteiger partial charge in [-0.15, -0.1) is 0 Å². The molecule has 1 aromatic heterocycles. The number of nitrogens with zero attached hydrogens (tertiary/aromatic N) is 1. The number of allylic oxidation sites excluding steroid dienone is 6. The van der Waals surface area contributed by atoms with E-state index in [1.54, 1.807) is 5.57 Å². The molecule has 4 aliphatic carbocycles. The molecule has 4 aliphatic rings. The Hall–Kier alpha value is -4.63. The molecule has 3 heteroatoms. The zero-order chi connectivity index (χ0) is 46.6. The van der Waals surface area contributed by atoms with E-state index >= 15 is 0 Å². The van der Waals surface area contributed by atoms with Crippen molar-refractivity contribution in [3.8, 4) is 22.3 Å². The van der Waals surface area contributed by atoms with E-state index in [1.807, 2.05) is 0 Å². The molecule has 0 saturated heterocycles. The summed E-state index contributed by atoms with van der Waals surface area (Å²) in [6.07, 6.45) is 16.3. The number of hydrogen-bond donors (Lipinski definition) is 1. The molecular formula is C62H77BN2. The van der Waals surface area contributed by atoms with Crippen molar-refractivity contribution in [2.45, 2.75) is 166 Å². The van der Waals surface area contributed by atoms with Crippen LogP contribution in [0.5, 0.6) is 0 Å². The molecule has 65 heavy (non-hydrogen) atoms. The average Bonchev–Trinajstić information content (AvgIpc) is 3.79. The molecule has 0 aliphatic heterocycles. The van der Waals surface area contributed by atoms with E-state index in [0.717, 1.165) is 19.4 Å². The molecule has 1 fully saturated rings. The molecule has 0 atom stereocenters. The summed E-state index contributed by atoms with van der Waals surface area (Å²) in [6, 6.07) is 26.1. The number of rotatable bonds is 8.